The highest BCUT2D eigenvalue weighted by Crippen LogP contribution is 2.14. The molecule has 0 aliphatic heterocycles. The lowest BCUT2D eigenvalue weighted by atomic mass is 10.4. The molecule has 4 heteroatoms. The van der Waals surface area contributed by atoms with Gasteiger partial charge in [-0.15, -0.1) is 17.8 Å². The molecule has 0 unspecified atom stereocenters. The highest BCUT2D eigenvalue weighted by atomic mass is 32.1. The van der Waals surface area contributed by atoms with Crippen molar-refractivity contribution in [1.82, 2.24) is 10.6 Å². The molecule has 0 bridgehead atoms. The SMILES string of the molecule is C#CCNCC(=O)NCc1ccc(C)s1. The van der Waals surface area contributed by atoms with Crippen molar-refractivity contribution in [3.8, 4) is 12.3 Å². The summed E-state index contributed by atoms with van der Waals surface area (Å²) in [5.41, 5.74) is 0. The number of amides is 1. The first-order valence-electron chi connectivity index (χ1n) is 4.68. The zero-order valence-electron chi connectivity index (χ0n) is 8.67. The van der Waals surface area contributed by atoms with Crippen LogP contribution >= 0.6 is 11.3 Å². The van der Waals surface area contributed by atoms with E-state index in [0.29, 0.717) is 13.1 Å². The first kappa shape index (κ1) is 11.8. The number of rotatable bonds is 5. The van der Waals surface area contributed by atoms with Gasteiger partial charge in [0.1, 0.15) is 0 Å². The molecule has 1 aromatic rings. The van der Waals surface area contributed by atoms with Crippen LogP contribution in [0.1, 0.15) is 9.75 Å². The van der Waals surface area contributed by atoms with Crippen molar-refractivity contribution >= 4 is 17.2 Å². The Balaban J connectivity index is 2.20. The largest absolute Gasteiger partial charge is 0.350 e. The van der Waals surface area contributed by atoms with Crippen molar-refractivity contribution in [3.05, 3.63) is 21.9 Å². The number of hydrogen-bond donors (Lipinski definition) is 2. The minimum Gasteiger partial charge on any atom is -0.350 e. The average molecular weight is 222 g/mol. The fourth-order valence-electron chi connectivity index (χ4n) is 1.08. The molecule has 15 heavy (non-hydrogen) atoms. The number of nitrogens with one attached hydrogen (secondary N) is 2. The average Bonchev–Trinajstić information content (AvgIpc) is 2.62. The van der Waals surface area contributed by atoms with Crippen LogP contribution in [0.5, 0.6) is 0 Å². The quantitative estimate of drug-likeness (QED) is 0.574. The lowest BCUT2D eigenvalue weighted by Gasteiger charge is -2.03. The Morgan fingerprint density at radius 1 is 1.60 bits per heavy atom. The summed E-state index contributed by atoms with van der Waals surface area (Å²) in [5.74, 6) is 2.38. The molecule has 0 aliphatic rings. The molecule has 1 amide bonds. The van der Waals surface area contributed by atoms with E-state index in [1.807, 2.05) is 19.1 Å². The molecule has 0 aliphatic carbocycles. The highest BCUT2D eigenvalue weighted by Gasteiger charge is 2.01. The van der Waals surface area contributed by atoms with E-state index in [1.165, 1.54) is 4.88 Å². The second-order valence-corrected chi connectivity index (χ2v) is 4.47. The van der Waals surface area contributed by atoms with E-state index in [9.17, 15) is 4.79 Å². The van der Waals surface area contributed by atoms with Gasteiger partial charge in [0.05, 0.1) is 19.6 Å². The minimum atomic E-state index is -0.0312. The molecule has 1 rings (SSSR count). The van der Waals surface area contributed by atoms with Crippen LogP contribution in [0.15, 0.2) is 12.1 Å². The third kappa shape index (κ3) is 4.63. The number of terminal acetylenes is 1. The topological polar surface area (TPSA) is 41.1 Å². The van der Waals surface area contributed by atoms with Crippen molar-refractivity contribution in [2.24, 2.45) is 0 Å². The molecule has 80 valence electrons. The molecule has 0 radical (unpaired) electrons. The van der Waals surface area contributed by atoms with Crippen molar-refractivity contribution in [2.45, 2.75) is 13.5 Å². The monoisotopic (exact) mass is 222 g/mol. The van der Waals surface area contributed by atoms with Gasteiger partial charge in [0.15, 0.2) is 0 Å². The van der Waals surface area contributed by atoms with E-state index in [2.05, 4.69) is 16.6 Å². The van der Waals surface area contributed by atoms with Gasteiger partial charge in [-0.05, 0) is 19.1 Å². The molecular weight excluding hydrogens is 208 g/mol. The van der Waals surface area contributed by atoms with Gasteiger partial charge in [-0.2, -0.15) is 0 Å². The Hall–Kier alpha value is -1.31. The van der Waals surface area contributed by atoms with Crippen LogP contribution in [0.2, 0.25) is 0 Å². The van der Waals surface area contributed by atoms with Crippen molar-refractivity contribution in [2.75, 3.05) is 13.1 Å². The van der Waals surface area contributed by atoms with E-state index in [0.717, 1.165) is 4.88 Å². The molecule has 0 spiro atoms. The molecule has 0 saturated carbocycles. The standard InChI is InChI=1S/C11H14N2OS/c1-3-6-12-8-11(14)13-7-10-5-4-9(2)15-10/h1,4-5,12H,6-8H2,2H3,(H,13,14). The van der Waals surface area contributed by atoms with Gasteiger partial charge in [0, 0.05) is 9.75 Å². The fraction of sp³-hybridized carbons (Fsp3) is 0.364. The summed E-state index contributed by atoms with van der Waals surface area (Å²) in [4.78, 5) is 13.7. The van der Waals surface area contributed by atoms with Crippen LogP contribution < -0.4 is 10.6 Å². The van der Waals surface area contributed by atoms with Gasteiger partial charge in [-0.25, -0.2) is 0 Å². The predicted octanol–water partition coefficient (Wildman–Crippen LogP) is 0.896. The number of aryl methyl sites for hydroxylation is 1. The molecule has 1 aromatic heterocycles. The molecule has 3 nitrogen and oxygen atoms in total. The Morgan fingerprint density at radius 3 is 3.00 bits per heavy atom. The maximum atomic E-state index is 11.3. The lowest BCUT2D eigenvalue weighted by molar-refractivity contribution is -0.120. The van der Waals surface area contributed by atoms with Crippen LogP contribution in [0.25, 0.3) is 0 Å². The first-order valence-corrected chi connectivity index (χ1v) is 5.50. The van der Waals surface area contributed by atoms with Crippen LogP contribution in [-0.2, 0) is 11.3 Å². The number of carbonyl (C=O) groups is 1. The number of hydrogen-bond acceptors (Lipinski definition) is 3. The summed E-state index contributed by atoms with van der Waals surface area (Å²) in [5, 5.41) is 5.64. The van der Waals surface area contributed by atoms with Crippen molar-refractivity contribution in [3.63, 3.8) is 0 Å². The Labute approximate surface area is 93.9 Å². The second-order valence-electron chi connectivity index (χ2n) is 3.10. The summed E-state index contributed by atoms with van der Waals surface area (Å²) in [7, 11) is 0. The lowest BCUT2D eigenvalue weighted by Crippen LogP contribution is -2.33. The molecular formula is C11H14N2OS. The maximum absolute atomic E-state index is 11.3. The number of thiophene rings is 1. The van der Waals surface area contributed by atoms with Crippen LogP contribution in [0, 0.1) is 19.3 Å². The smallest absolute Gasteiger partial charge is 0.234 e. The highest BCUT2D eigenvalue weighted by molar-refractivity contribution is 7.11. The van der Waals surface area contributed by atoms with Gasteiger partial charge in [0.2, 0.25) is 5.91 Å². The molecule has 0 aromatic carbocycles. The van der Waals surface area contributed by atoms with E-state index < -0.39 is 0 Å². The van der Waals surface area contributed by atoms with Gasteiger partial charge < -0.3 is 5.32 Å². The van der Waals surface area contributed by atoms with Crippen LogP contribution in [0.3, 0.4) is 0 Å². The Kier molecular flexibility index (Phi) is 4.88. The van der Waals surface area contributed by atoms with Crippen LogP contribution in [-0.4, -0.2) is 19.0 Å². The summed E-state index contributed by atoms with van der Waals surface area (Å²) >= 11 is 1.69. The summed E-state index contributed by atoms with van der Waals surface area (Å²) < 4.78 is 0. The Bertz CT molecular complexity index is 365. The summed E-state index contributed by atoms with van der Waals surface area (Å²) in [6.45, 7) is 3.33. The van der Waals surface area contributed by atoms with E-state index in [4.69, 9.17) is 6.42 Å². The first-order chi connectivity index (χ1) is 7.22. The van der Waals surface area contributed by atoms with E-state index in [1.54, 1.807) is 11.3 Å². The normalized spacial score (nSPS) is 9.60. The molecule has 0 saturated heterocycles. The molecule has 1 heterocycles. The predicted molar refractivity (Wildman–Crippen MR) is 62.6 cm³/mol. The Morgan fingerprint density at radius 2 is 2.40 bits per heavy atom. The zero-order chi connectivity index (χ0) is 11.1. The van der Waals surface area contributed by atoms with Crippen molar-refractivity contribution < 1.29 is 4.79 Å². The van der Waals surface area contributed by atoms with E-state index in [-0.39, 0.29) is 12.5 Å². The third-order valence-corrected chi connectivity index (χ3v) is 2.77. The molecule has 2 N–H and O–H groups in total. The summed E-state index contributed by atoms with van der Waals surface area (Å²) in [6, 6.07) is 4.07. The fourth-order valence-corrected chi connectivity index (χ4v) is 1.91. The maximum Gasteiger partial charge on any atom is 0.234 e. The van der Waals surface area contributed by atoms with Crippen LogP contribution in [0.4, 0.5) is 0 Å². The van der Waals surface area contributed by atoms with E-state index >= 15 is 0 Å². The zero-order valence-corrected chi connectivity index (χ0v) is 9.49. The number of carbonyl (C=O) groups excluding carboxylic acids is 1. The van der Waals surface area contributed by atoms with Crippen molar-refractivity contribution in [1.29, 1.82) is 0 Å². The molecule has 0 fully saturated rings. The van der Waals surface area contributed by atoms with Gasteiger partial charge >= 0.3 is 0 Å². The van der Waals surface area contributed by atoms with Gasteiger partial charge in [-0.1, -0.05) is 5.92 Å². The third-order valence-electron chi connectivity index (χ3n) is 1.77. The second kappa shape index (κ2) is 6.23. The summed E-state index contributed by atoms with van der Waals surface area (Å²) in [6.07, 6.45) is 5.04. The molecule has 0 atom stereocenters. The minimum absolute atomic E-state index is 0.0312. The van der Waals surface area contributed by atoms with Gasteiger partial charge in [-0.3, -0.25) is 10.1 Å². The van der Waals surface area contributed by atoms with Gasteiger partial charge in [0.25, 0.3) is 0 Å².